The number of ether oxygens (including phenoxy) is 2. The molecule has 116 valence electrons. The largest absolute Gasteiger partial charge is 0.444 e. The lowest BCUT2D eigenvalue weighted by atomic mass is 10.1. The van der Waals surface area contributed by atoms with Crippen molar-refractivity contribution in [3.05, 3.63) is 0 Å². The predicted molar refractivity (Wildman–Crippen MR) is 78.7 cm³/mol. The number of likely N-dealkylation sites (tertiary alicyclic amines) is 1. The smallest absolute Gasteiger partial charge is 0.410 e. The Bertz CT molecular complexity index is 310. The van der Waals surface area contributed by atoms with E-state index in [0.29, 0.717) is 6.10 Å². The zero-order valence-corrected chi connectivity index (χ0v) is 13.2. The molecule has 1 heterocycles. The van der Waals surface area contributed by atoms with E-state index in [0.717, 1.165) is 38.5 Å². The van der Waals surface area contributed by atoms with Gasteiger partial charge in [-0.15, -0.1) is 0 Å². The van der Waals surface area contributed by atoms with Crippen LogP contribution in [0.4, 0.5) is 4.79 Å². The molecule has 4 nitrogen and oxygen atoms in total. The van der Waals surface area contributed by atoms with Crippen LogP contribution in [0.2, 0.25) is 0 Å². The molecule has 20 heavy (non-hydrogen) atoms. The van der Waals surface area contributed by atoms with Gasteiger partial charge in [-0.1, -0.05) is 12.8 Å². The molecule has 0 radical (unpaired) electrons. The Kier molecular flexibility index (Phi) is 5.30. The van der Waals surface area contributed by atoms with E-state index in [4.69, 9.17) is 9.47 Å². The summed E-state index contributed by atoms with van der Waals surface area (Å²) in [6.45, 7) is 8.14. The normalized spacial score (nSPS) is 22.2. The summed E-state index contributed by atoms with van der Waals surface area (Å²) in [7, 11) is 0. The number of carbonyl (C=O) groups excluding carboxylic acids is 1. The molecule has 0 spiro atoms. The van der Waals surface area contributed by atoms with Gasteiger partial charge in [0, 0.05) is 19.7 Å². The second-order valence-corrected chi connectivity index (χ2v) is 7.15. The maximum atomic E-state index is 12.0. The number of piperidine rings is 1. The molecule has 0 bridgehead atoms. The van der Waals surface area contributed by atoms with E-state index < -0.39 is 5.60 Å². The summed E-state index contributed by atoms with van der Waals surface area (Å²) >= 11 is 0. The van der Waals surface area contributed by atoms with Gasteiger partial charge in [0.25, 0.3) is 0 Å². The highest BCUT2D eigenvalue weighted by atomic mass is 16.6. The SMILES string of the molecule is CC(C)(C)OC(=O)N1CCC(OCC2CCCC2)CC1. The van der Waals surface area contributed by atoms with Crippen molar-refractivity contribution in [2.75, 3.05) is 19.7 Å². The first-order valence-corrected chi connectivity index (χ1v) is 8.03. The monoisotopic (exact) mass is 283 g/mol. The third kappa shape index (κ3) is 4.97. The van der Waals surface area contributed by atoms with Gasteiger partial charge in [0.1, 0.15) is 5.60 Å². The Hall–Kier alpha value is -0.770. The summed E-state index contributed by atoms with van der Waals surface area (Å²) in [4.78, 5) is 13.8. The molecular formula is C16H29NO3. The van der Waals surface area contributed by atoms with Gasteiger partial charge in [-0.2, -0.15) is 0 Å². The summed E-state index contributed by atoms with van der Waals surface area (Å²) in [5.74, 6) is 0.777. The number of rotatable bonds is 3. The molecule has 0 aromatic rings. The van der Waals surface area contributed by atoms with E-state index in [2.05, 4.69) is 0 Å². The molecule has 1 saturated carbocycles. The first-order chi connectivity index (χ1) is 9.44. The highest BCUT2D eigenvalue weighted by Gasteiger charge is 2.27. The molecule has 2 aliphatic rings. The van der Waals surface area contributed by atoms with Gasteiger partial charge in [0.2, 0.25) is 0 Å². The molecule has 0 atom stereocenters. The minimum Gasteiger partial charge on any atom is -0.444 e. The van der Waals surface area contributed by atoms with Crippen molar-refractivity contribution in [1.82, 2.24) is 4.90 Å². The molecular weight excluding hydrogens is 254 g/mol. The lowest BCUT2D eigenvalue weighted by Gasteiger charge is -2.33. The highest BCUT2D eigenvalue weighted by Crippen LogP contribution is 2.26. The van der Waals surface area contributed by atoms with Crippen LogP contribution in [0, 0.1) is 5.92 Å². The number of amides is 1. The van der Waals surface area contributed by atoms with Crippen molar-refractivity contribution >= 4 is 6.09 Å². The Morgan fingerprint density at radius 2 is 1.70 bits per heavy atom. The number of hydrogen-bond donors (Lipinski definition) is 0. The molecule has 0 unspecified atom stereocenters. The lowest BCUT2D eigenvalue weighted by molar-refractivity contribution is -0.0202. The van der Waals surface area contributed by atoms with Gasteiger partial charge < -0.3 is 14.4 Å². The molecule has 2 fully saturated rings. The molecule has 1 amide bonds. The fourth-order valence-electron chi connectivity index (χ4n) is 2.98. The van der Waals surface area contributed by atoms with Gasteiger partial charge in [0.05, 0.1) is 6.10 Å². The Morgan fingerprint density at radius 1 is 1.10 bits per heavy atom. The average Bonchev–Trinajstić information content (AvgIpc) is 2.88. The van der Waals surface area contributed by atoms with Gasteiger partial charge in [0.15, 0.2) is 0 Å². The van der Waals surface area contributed by atoms with Gasteiger partial charge in [-0.3, -0.25) is 0 Å². The maximum absolute atomic E-state index is 12.0. The van der Waals surface area contributed by atoms with Crippen molar-refractivity contribution < 1.29 is 14.3 Å². The molecule has 2 rings (SSSR count). The van der Waals surface area contributed by atoms with E-state index >= 15 is 0 Å². The molecule has 1 saturated heterocycles. The van der Waals surface area contributed by atoms with Crippen LogP contribution in [0.25, 0.3) is 0 Å². The highest BCUT2D eigenvalue weighted by molar-refractivity contribution is 5.68. The summed E-state index contributed by atoms with van der Waals surface area (Å²) in [6, 6.07) is 0. The molecule has 0 aromatic heterocycles. The van der Waals surface area contributed by atoms with Crippen LogP contribution in [-0.4, -0.2) is 42.4 Å². The molecule has 4 heteroatoms. The van der Waals surface area contributed by atoms with E-state index in [-0.39, 0.29) is 6.09 Å². The number of carbonyl (C=O) groups is 1. The first-order valence-electron chi connectivity index (χ1n) is 8.03. The zero-order valence-electron chi connectivity index (χ0n) is 13.2. The maximum Gasteiger partial charge on any atom is 0.410 e. The van der Waals surface area contributed by atoms with Crippen LogP contribution in [-0.2, 0) is 9.47 Å². The quantitative estimate of drug-likeness (QED) is 0.794. The van der Waals surface area contributed by atoms with E-state index in [1.54, 1.807) is 4.90 Å². The molecule has 1 aliphatic heterocycles. The molecule has 0 aromatic carbocycles. The van der Waals surface area contributed by atoms with Crippen LogP contribution in [0.5, 0.6) is 0 Å². The van der Waals surface area contributed by atoms with Gasteiger partial charge >= 0.3 is 6.09 Å². The lowest BCUT2D eigenvalue weighted by Crippen LogP contribution is -2.43. The van der Waals surface area contributed by atoms with Crippen molar-refractivity contribution in [3.63, 3.8) is 0 Å². The van der Waals surface area contributed by atoms with Crippen molar-refractivity contribution in [2.45, 2.75) is 71.0 Å². The third-order valence-corrected chi connectivity index (χ3v) is 4.14. The van der Waals surface area contributed by atoms with Crippen LogP contribution >= 0.6 is 0 Å². The van der Waals surface area contributed by atoms with Crippen molar-refractivity contribution in [3.8, 4) is 0 Å². The number of nitrogens with zero attached hydrogens (tertiary/aromatic N) is 1. The Balaban J connectivity index is 1.65. The zero-order chi connectivity index (χ0) is 14.6. The van der Waals surface area contributed by atoms with E-state index in [1.807, 2.05) is 20.8 Å². The second kappa shape index (κ2) is 6.79. The minimum absolute atomic E-state index is 0.188. The van der Waals surface area contributed by atoms with E-state index in [9.17, 15) is 4.79 Å². The van der Waals surface area contributed by atoms with Crippen LogP contribution in [0.3, 0.4) is 0 Å². The average molecular weight is 283 g/mol. The number of hydrogen-bond acceptors (Lipinski definition) is 3. The van der Waals surface area contributed by atoms with Crippen molar-refractivity contribution in [1.29, 1.82) is 0 Å². The fraction of sp³-hybridized carbons (Fsp3) is 0.938. The standard InChI is InChI=1S/C16H29NO3/c1-16(2,3)20-15(18)17-10-8-14(9-11-17)19-12-13-6-4-5-7-13/h13-14H,4-12H2,1-3H3. The molecule has 1 aliphatic carbocycles. The fourth-order valence-corrected chi connectivity index (χ4v) is 2.98. The second-order valence-electron chi connectivity index (χ2n) is 7.15. The Labute approximate surface area is 122 Å². The molecule has 0 N–H and O–H groups in total. The minimum atomic E-state index is -0.410. The predicted octanol–water partition coefficient (Wildman–Crippen LogP) is 3.59. The van der Waals surface area contributed by atoms with E-state index in [1.165, 1.54) is 25.7 Å². The van der Waals surface area contributed by atoms with Gasteiger partial charge in [-0.25, -0.2) is 4.79 Å². The van der Waals surface area contributed by atoms with Crippen molar-refractivity contribution in [2.24, 2.45) is 5.92 Å². The summed E-state index contributed by atoms with van der Waals surface area (Å²) in [6.07, 6.45) is 7.41. The van der Waals surface area contributed by atoms with Gasteiger partial charge in [-0.05, 0) is 52.4 Å². The topological polar surface area (TPSA) is 38.8 Å². The van der Waals surface area contributed by atoms with Crippen LogP contribution in [0.15, 0.2) is 0 Å². The Morgan fingerprint density at radius 3 is 2.25 bits per heavy atom. The summed E-state index contributed by atoms with van der Waals surface area (Å²) < 4.78 is 11.4. The van der Waals surface area contributed by atoms with Crippen LogP contribution in [0.1, 0.15) is 59.3 Å². The summed E-state index contributed by atoms with van der Waals surface area (Å²) in [5.41, 5.74) is -0.410. The van der Waals surface area contributed by atoms with Crippen LogP contribution < -0.4 is 0 Å². The summed E-state index contributed by atoms with van der Waals surface area (Å²) in [5, 5.41) is 0. The first kappa shape index (κ1) is 15.6. The third-order valence-electron chi connectivity index (χ3n) is 4.14.